The molecular weight excluding hydrogens is 282 g/mol. The first-order valence-electron chi connectivity index (χ1n) is 8.23. The van der Waals surface area contributed by atoms with E-state index < -0.39 is 0 Å². The van der Waals surface area contributed by atoms with E-state index in [0.29, 0.717) is 6.42 Å². The van der Waals surface area contributed by atoms with E-state index >= 15 is 0 Å². The van der Waals surface area contributed by atoms with E-state index in [9.17, 15) is 4.79 Å². The Balaban J connectivity index is 1.75. The highest BCUT2D eigenvalue weighted by atomic mass is 16.1. The molecule has 1 unspecified atom stereocenters. The quantitative estimate of drug-likeness (QED) is 0.707. The Hall–Kier alpha value is -2.61. The summed E-state index contributed by atoms with van der Waals surface area (Å²) in [6.07, 6.45) is 2.68. The molecule has 0 bridgehead atoms. The maximum atomic E-state index is 12.9. The highest BCUT2D eigenvalue weighted by Crippen LogP contribution is 2.41. The van der Waals surface area contributed by atoms with Gasteiger partial charge in [-0.25, -0.2) is 0 Å². The van der Waals surface area contributed by atoms with Crippen LogP contribution in [-0.4, -0.2) is 5.78 Å². The Morgan fingerprint density at radius 3 is 2.35 bits per heavy atom. The molecule has 0 saturated carbocycles. The highest BCUT2D eigenvalue weighted by Gasteiger charge is 2.27. The number of carbonyl (C=O) groups is 1. The molecule has 1 heterocycles. The third-order valence-electron chi connectivity index (χ3n) is 5.22. The van der Waals surface area contributed by atoms with Gasteiger partial charge >= 0.3 is 0 Å². The molecule has 23 heavy (non-hydrogen) atoms. The number of benzene rings is 3. The molecule has 1 atom stereocenters. The SMILES string of the molecule is O=C1CC(c2ccccc2)Nc2ccc3c4c(ccc1c24)CC3. The van der Waals surface area contributed by atoms with Crippen molar-refractivity contribution in [2.24, 2.45) is 0 Å². The zero-order valence-electron chi connectivity index (χ0n) is 12.8. The molecule has 112 valence electrons. The summed E-state index contributed by atoms with van der Waals surface area (Å²) in [7, 11) is 0. The fourth-order valence-corrected chi connectivity index (χ4v) is 4.10. The van der Waals surface area contributed by atoms with E-state index in [-0.39, 0.29) is 11.8 Å². The van der Waals surface area contributed by atoms with E-state index in [1.165, 1.54) is 22.1 Å². The Bertz CT molecular complexity index is 933. The normalized spacial score (nSPS) is 18.8. The van der Waals surface area contributed by atoms with E-state index in [2.05, 4.69) is 35.6 Å². The van der Waals surface area contributed by atoms with Crippen LogP contribution >= 0.6 is 0 Å². The third-order valence-corrected chi connectivity index (χ3v) is 5.22. The van der Waals surface area contributed by atoms with Crippen LogP contribution in [0.3, 0.4) is 0 Å². The summed E-state index contributed by atoms with van der Waals surface area (Å²) < 4.78 is 0. The molecule has 2 nitrogen and oxygen atoms in total. The van der Waals surface area contributed by atoms with Crippen molar-refractivity contribution in [1.29, 1.82) is 0 Å². The van der Waals surface area contributed by atoms with Crippen molar-refractivity contribution in [1.82, 2.24) is 0 Å². The van der Waals surface area contributed by atoms with Crippen molar-refractivity contribution >= 4 is 22.2 Å². The summed E-state index contributed by atoms with van der Waals surface area (Å²) in [5.41, 5.74) is 5.92. The van der Waals surface area contributed by atoms with Crippen LogP contribution in [0, 0.1) is 0 Å². The number of anilines is 1. The number of aryl methyl sites for hydroxylation is 2. The molecule has 3 aromatic carbocycles. The monoisotopic (exact) mass is 299 g/mol. The standard InChI is InChI=1S/C21H17NO/c23-19-12-18(13-4-2-1-3-5-13)22-17-11-9-15-7-6-14-8-10-16(19)21(17)20(14)15/h1-5,8-11,18,22H,6-7,12H2. The number of carbonyl (C=O) groups excluding carboxylic acids is 1. The summed E-state index contributed by atoms with van der Waals surface area (Å²) in [4.78, 5) is 12.9. The van der Waals surface area contributed by atoms with Crippen molar-refractivity contribution in [3.63, 3.8) is 0 Å². The van der Waals surface area contributed by atoms with Crippen molar-refractivity contribution in [3.05, 3.63) is 76.9 Å². The maximum absolute atomic E-state index is 12.9. The van der Waals surface area contributed by atoms with Crippen LogP contribution < -0.4 is 5.32 Å². The smallest absolute Gasteiger partial charge is 0.165 e. The molecule has 0 radical (unpaired) electrons. The number of Topliss-reactive ketones (excluding diaryl/α,β-unsaturated/α-hetero) is 1. The molecule has 0 spiro atoms. The largest absolute Gasteiger partial charge is 0.377 e. The number of rotatable bonds is 1. The zero-order chi connectivity index (χ0) is 15.4. The van der Waals surface area contributed by atoms with Gasteiger partial charge in [-0.2, -0.15) is 0 Å². The summed E-state index contributed by atoms with van der Waals surface area (Å²) in [5, 5.41) is 6.09. The van der Waals surface area contributed by atoms with E-state index in [1.54, 1.807) is 0 Å². The zero-order valence-corrected chi connectivity index (χ0v) is 12.8. The van der Waals surface area contributed by atoms with Gasteiger partial charge in [0.1, 0.15) is 0 Å². The van der Waals surface area contributed by atoms with Crippen LogP contribution in [0.25, 0.3) is 10.8 Å². The minimum absolute atomic E-state index is 0.0364. The summed E-state index contributed by atoms with van der Waals surface area (Å²) >= 11 is 0. The molecule has 0 amide bonds. The molecule has 3 aromatic rings. The second-order valence-electron chi connectivity index (χ2n) is 6.53. The Kier molecular flexibility index (Phi) is 2.63. The lowest BCUT2D eigenvalue weighted by atomic mass is 9.95. The molecule has 0 aromatic heterocycles. The van der Waals surface area contributed by atoms with Gasteiger partial charge in [0.2, 0.25) is 0 Å². The minimum atomic E-state index is 0.0364. The van der Waals surface area contributed by atoms with Crippen molar-refractivity contribution in [3.8, 4) is 0 Å². The molecule has 0 saturated heterocycles. The molecular formula is C21H17NO. The fraction of sp³-hybridized carbons (Fsp3) is 0.190. The van der Waals surface area contributed by atoms with Gasteiger partial charge in [-0.3, -0.25) is 4.79 Å². The lowest BCUT2D eigenvalue weighted by Gasteiger charge is -2.18. The number of hydrogen-bond donors (Lipinski definition) is 1. The van der Waals surface area contributed by atoms with Gasteiger partial charge in [0.25, 0.3) is 0 Å². The minimum Gasteiger partial charge on any atom is -0.377 e. The second kappa shape index (κ2) is 4.69. The molecule has 2 heteroatoms. The lowest BCUT2D eigenvalue weighted by molar-refractivity contribution is 0.0979. The van der Waals surface area contributed by atoms with Gasteiger partial charge in [0, 0.05) is 23.1 Å². The maximum Gasteiger partial charge on any atom is 0.165 e. The van der Waals surface area contributed by atoms with E-state index in [0.717, 1.165) is 29.5 Å². The number of nitrogens with one attached hydrogen (secondary N) is 1. The molecule has 0 fully saturated rings. The van der Waals surface area contributed by atoms with Crippen molar-refractivity contribution < 1.29 is 4.79 Å². The van der Waals surface area contributed by atoms with Crippen LogP contribution in [0.15, 0.2) is 54.6 Å². The fourth-order valence-electron chi connectivity index (χ4n) is 4.10. The van der Waals surface area contributed by atoms with Crippen LogP contribution in [0.2, 0.25) is 0 Å². The molecule has 1 aliphatic carbocycles. The Morgan fingerprint density at radius 1 is 0.826 bits per heavy atom. The summed E-state index contributed by atoms with van der Waals surface area (Å²) in [6.45, 7) is 0. The average molecular weight is 299 g/mol. The van der Waals surface area contributed by atoms with Crippen LogP contribution in [0.5, 0.6) is 0 Å². The van der Waals surface area contributed by atoms with Crippen molar-refractivity contribution in [2.75, 3.05) is 5.32 Å². The van der Waals surface area contributed by atoms with Gasteiger partial charge in [-0.1, -0.05) is 48.5 Å². The van der Waals surface area contributed by atoms with E-state index in [4.69, 9.17) is 0 Å². The van der Waals surface area contributed by atoms with Crippen LogP contribution in [0.4, 0.5) is 5.69 Å². The highest BCUT2D eigenvalue weighted by molar-refractivity contribution is 6.15. The first kappa shape index (κ1) is 12.9. The van der Waals surface area contributed by atoms with E-state index in [1.807, 2.05) is 24.3 Å². The summed E-state index contributed by atoms with van der Waals surface area (Å²) in [5.74, 6) is 0.237. The molecule has 5 rings (SSSR count). The van der Waals surface area contributed by atoms with Gasteiger partial charge in [0.05, 0.1) is 6.04 Å². The predicted molar refractivity (Wildman–Crippen MR) is 93.1 cm³/mol. The topological polar surface area (TPSA) is 29.1 Å². The third kappa shape index (κ3) is 1.84. The average Bonchev–Trinajstić information content (AvgIpc) is 2.95. The second-order valence-corrected chi connectivity index (χ2v) is 6.53. The van der Waals surface area contributed by atoms with Gasteiger partial charge in [-0.15, -0.1) is 0 Å². The molecule has 2 aliphatic rings. The Morgan fingerprint density at radius 2 is 1.57 bits per heavy atom. The van der Waals surface area contributed by atoms with Crippen LogP contribution in [0.1, 0.15) is 39.5 Å². The molecule has 1 N–H and O–H groups in total. The number of hydrogen-bond acceptors (Lipinski definition) is 2. The molecule has 1 aliphatic heterocycles. The summed E-state index contributed by atoms with van der Waals surface area (Å²) in [6, 6.07) is 18.9. The lowest BCUT2D eigenvalue weighted by Crippen LogP contribution is -2.12. The first-order valence-corrected chi connectivity index (χ1v) is 8.23. The number of ketones is 1. The van der Waals surface area contributed by atoms with Gasteiger partial charge in [0.15, 0.2) is 5.78 Å². The van der Waals surface area contributed by atoms with Gasteiger partial charge in [-0.05, 0) is 41.0 Å². The Labute approximate surface area is 135 Å². The predicted octanol–water partition coefficient (Wildman–Crippen LogP) is 4.68. The van der Waals surface area contributed by atoms with Crippen LogP contribution in [-0.2, 0) is 12.8 Å². The van der Waals surface area contributed by atoms with Gasteiger partial charge < -0.3 is 5.32 Å². The first-order chi connectivity index (χ1) is 11.3. The van der Waals surface area contributed by atoms with Crippen molar-refractivity contribution in [2.45, 2.75) is 25.3 Å².